The molecule has 4 N–H and O–H groups in total. The van der Waals surface area contributed by atoms with Gasteiger partial charge in [-0.15, -0.1) is 11.8 Å². The lowest BCUT2D eigenvalue weighted by atomic mass is 10.1. The number of hydrogen-bond donors (Lipinski definition) is 3. The molecule has 9 heteroatoms. The highest BCUT2D eigenvalue weighted by Crippen LogP contribution is 2.36. The Balaban J connectivity index is 1.88. The van der Waals surface area contributed by atoms with Gasteiger partial charge in [0.1, 0.15) is 0 Å². The Morgan fingerprint density at radius 1 is 1.20 bits per heavy atom. The van der Waals surface area contributed by atoms with Crippen molar-refractivity contribution >= 4 is 46.8 Å². The monoisotopic (exact) mass is 446 g/mol. The third-order valence-corrected chi connectivity index (χ3v) is 5.99. The summed E-state index contributed by atoms with van der Waals surface area (Å²) in [4.78, 5) is 39.5. The zero-order valence-electron chi connectivity index (χ0n) is 16.5. The number of carbonyl (C=O) groups excluding carboxylic acids is 3. The predicted octanol–water partition coefficient (Wildman–Crippen LogP) is 2.87. The van der Waals surface area contributed by atoms with E-state index in [2.05, 4.69) is 10.9 Å². The van der Waals surface area contributed by atoms with E-state index in [0.29, 0.717) is 41.4 Å². The second kappa shape index (κ2) is 9.97. The second-order valence-electron chi connectivity index (χ2n) is 6.90. The molecule has 3 rings (SSSR count). The summed E-state index contributed by atoms with van der Waals surface area (Å²) in [5.41, 5.74) is 12.7. The zero-order valence-corrected chi connectivity index (χ0v) is 18.1. The molecule has 0 bridgehead atoms. The van der Waals surface area contributed by atoms with Gasteiger partial charge < -0.3 is 10.6 Å². The molecule has 1 heterocycles. The Morgan fingerprint density at radius 3 is 2.63 bits per heavy atom. The first kappa shape index (κ1) is 22.1. The maximum absolute atomic E-state index is 13.0. The molecule has 30 heavy (non-hydrogen) atoms. The minimum absolute atomic E-state index is 0.218. The summed E-state index contributed by atoms with van der Waals surface area (Å²) in [5.74, 6) is -0.493. The lowest BCUT2D eigenvalue weighted by Gasteiger charge is -2.25. The van der Waals surface area contributed by atoms with Gasteiger partial charge in [-0.2, -0.15) is 0 Å². The number of carbonyl (C=O) groups is 3. The largest absolute Gasteiger partial charge is 0.319 e. The van der Waals surface area contributed by atoms with Crippen LogP contribution in [-0.2, 0) is 16.1 Å². The molecule has 0 unspecified atom stereocenters. The molecular weight excluding hydrogens is 424 g/mol. The number of nitrogens with zero attached hydrogens (tertiary/aromatic N) is 1. The molecule has 7 nitrogen and oxygen atoms in total. The van der Waals surface area contributed by atoms with Gasteiger partial charge in [-0.05, 0) is 42.3 Å². The number of anilines is 1. The van der Waals surface area contributed by atoms with E-state index in [4.69, 9.17) is 17.3 Å². The first-order valence-corrected chi connectivity index (χ1v) is 10.9. The fourth-order valence-corrected chi connectivity index (χ4v) is 4.09. The molecule has 0 fully saturated rings. The van der Waals surface area contributed by atoms with Crippen LogP contribution in [0.3, 0.4) is 0 Å². The number of thioether (sulfide) groups is 1. The maximum Gasteiger partial charge on any atom is 0.269 e. The molecule has 2 aromatic carbocycles. The SMILES string of the molecule is CCCC(=O)NNC(=O)c1ccc2c(c1)N(Cc1ccc(Cl)cc1)C(=O)[C@@H](N)CS2. The van der Waals surface area contributed by atoms with E-state index in [0.717, 1.165) is 10.5 Å². The quantitative estimate of drug-likeness (QED) is 0.612. The normalized spacial score (nSPS) is 15.9. The Morgan fingerprint density at radius 2 is 1.93 bits per heavy atom. The molecule has 1 atom stereocenters. The van der Waals surface area contributed by atoms with E-state index in [1.165, 1.54) is 11.8 Å². The van der Waals surface area contributed by atoms with Crippen molar-refractivity contribution in [1.29, 1.82) is 0 Å². The molecular formula is C21H23ClN4O3S. The second-order valence-corrected chi connectivity index (χ2v) is 8.40. The molecule has 1 aliphatic heterocycles. The predicted molar refractivity (Wildman–Crippen MR) is 118 cm³/mol. The van der Waals surface area contributed by atoms with E-state index in [1.807, 2.05) is 19.1 Å². The van der Waals surface area contributed by atoms with Crippen LogP contribution in [0.1, 0.15) is 35.7 Å². The number of hydrogen-bond acceptors (Lipinski definition) is 5. The molecule has 2 aromatic rings. The Bertz CT molecular complexity index is 952. The summed E-state index contributed by atoms with van der Waals surface area (Å²) in [6, 6.07) is 11.7. The van der Waals surface area contributed by atoms with Crippen LogP contribution in [-0.4, -0.2) is 29.5 Å². The van der Waals surface area contributed by atoms with E-state index < -0.39 is 11.9 Å². The van der Waals surface area contributed by atoms with Crippen molar-refractivity contribution in [1.82, 2.24) is 10.9 Å². The summed E-state index contributed by atoms with van der Waals surface area (Å²) in [6.07, 6.45) is 1.00. The van der Waals surface area contributed by atoms with E-state index in [-0.39, 0.29) is 11.8 Å². The van der Waals surface area contributed by atoms with Gasteiger partial charge in [0.05, 0.1) is 18.3 Å². The minimum Gasteiger partial charge on any atom is -0.319 e. The topological polar surface area (TPSA) is 105 Å². The number of halogens is 1. The average Bonchev–Trinajstić information content (AvgIpc) is 2.85. The molecule has 0 aliphatic carbocycles. The number of fused-ring (bicyclic) bond motifs is 1. The van der Waals surface area contributed by atoms with Crippen molar-refractivity contribution < 1.29 is 14.4 Å². The Kier molecular flexibility index (Phi) is 7.36. The third-order valence-electron chi connectivity index (χ3n) is 4.56. The van der Waals surface area contributed by atoms with E-state index in [9.17, 15) is 14.4 Å². The summed E-state index contributed by atoms with van der Waals surface area (Å²) >= 11 is 7.44. The number of hydrazine groups is 1. The number of nitrogens with one attached hydrogen (secondary N) is 2. The first-order valence-electron chi connectivity index (χ1n) is 9.56. The lowest BCUT2D eigenvalue weighted by Crippen LogP contribution is -2.44. The van der Waals surface area contributed by atoms with Crippen LogP contribution < -0.4 is 21.5 Å². The standard InChI is InChI=1S/C21H23ClN4O3S/c1-2-3-19(27)24-25-20(28)14-6-9-18-17(10-14)26(21(29)16(23)12-30-18)11-13-4-7-15(22)8-5-13/h4-10,16H,2-3,11-12,23H2,1H3,(H,24,27)(H,25,28)/t16-/m0/s1. The third kappa shape index (κ3) is 5.33. The zero-order chi connectivity index (χ0) is 21.7. The molecule has 1 aliphatic rings. The number of amides is 3. The van der Waals surface area contributed by atoms with Crippen molar-refractivity contribution in [3.63, 3.8) is 0 Å². The van der Waals surface area contributed by atoms with Gasteiger partial charge in [-0.25, -0.2) is 0 Å². The molecule has 3 amide bonds. The van der Waals surface area contributed by atoms with Crippen LogP contribution in [0, 0.1) is 0 Å². The fourth-order valence-electron chi connectivity index (χ4n) is 2.99. The van der Waals surface area contributed by atoms with Gasteiger partial charge in [0.15, 0.2) is 0 Å². The van der Waals surface area contributed by atoms with Crippen molar-refractivity contribution in [2.75, 3.05) is 10.7 Å². The van der Waals surface area contributed by atoms with Crippen LogP contribution in [0.5, 0.6) is 0 Å². The van der Waals surface area contributed by atoms with Gasteiger partial charge in [-0.3, -0.25) is 25.2 Å². The number of rotatable bonds is 5. The summed E-state index contributed by atoms with van der Waals surface area (Å²) < 4.78 is 0. The van der Waals surface area contributed by atoms with Crippen LogP contribution in [0.15, 0.2) is 47.4 Å². The maximum atomic E-state index is 13.0. The average molecular weight is 447 g/mol. The van der Waals surface area contributed by atoms with E-state index in [1.54, 1.807) is 35.2 Å². The minimum atomic E-state index is -0.652. The highest BCUT2D eigenvalue weighted by molar-refractivity contribution is 7.99. The van der Waals surface area contributed by atoms with E-state index >= 15 is 0 Å². The van der Waals surface area contributed by atoms with Gasteiger partial charge in [0, 0.05) is 27.7 Å². The highest BCUT2D eigenvalue weighted by atomic mass is 35.5. The van der Waals surface area contributed by atoms with Gasteiger partial charge >= 0.3 is 0 Å². The summed E-state index contributed by atoms with van der Waals surface area (Å²) in [6.45, 7) is 2.18. The van der Waals surface area contributed by atoms with Crippen LogP contribution in [0.2, 0.25) is 5.02 Å². The first-order chi connectivity index (χ1) is 14.4. The summed E-state index contributed by atoms with van der Waals surface area (Å²) in [7, 11) is 0. The molecule has 0 saturated heterocycles. The van der Waals surface area contributed by atoms with Crippen LogP contribution in [0.25, 0.3) is 0 Å². The number of nitrogens with two attached hydrogens (primary N) is 1. The Labute approximate surface area is 184 Å². The molecule has 0 saturated carbocycles. The van der Waals surface area contributed by atoms with Crippen LogP contribution >= 0.6 is 23.4 Å². The van der Waals surface area contributed by atoms with Crippen LogP contribution in [0.4, 0.5) is 5.69 Å². The molecule has 0 aromatic heterocycles. The van der Waals surface area contributed by atoms with Gasteiger partial charge in [-0.1, -0.05) is 30.7 Å². The van der Waals surface area contributed by atoms with Gasteiger partial charge in [0.25, 0.3) is 5.91 Å². The molecule has 0 spiro atoms. The summed E-state index contributed by atoms with van der Waals surface area (Å²) in [5, 5.41) is 0.609. The smallest absolute Gasteiger partial charge is 0.269 e. The van der Waals surface area contributed by atoms with Crippen molar-refractivity contribution in [2.45, 2.75) is 37.2 Å². The van der Waals surface area contributed by atoms with Crippen molar-refractivity contribution in [3.05, 3.63) is 58.6 Å². The molecule has 0 radical (unpaired) electrons. The van der Waals surface area contributed by atoms with Crippen molar-refractivity contribution in [2.24, 2.45) is 5.73 Å². The highest BCUT2D eigenvalue weighted by Gasteiger charge is 2.29. The number of benzene rings is 2. The van der Waals surface area contributed by atoms with Crippen molar-refractivity contribution in [3.8, 4) is 0 Å². The van der Waals surface area contributed by atoms with Gasteiger partial charge in [0.2, 0.25) is 11.8 Å². The Hall–Kier alpha value is -2.55. The lowest BCUT2D eigenvalue weighted by molar-refractivity contribution is -0.122. The fraction of sp³-hybridized carbons (Fsp3) is 0.286. The molecule has 158 valence electrons.